The molecule has 0 aliphatic carbocycles. The minimum Gasteiger partial charge on any atom is -0.380 e. The van der Waals surface area contributed by atoms with Gasteiger partial charge >= 0.3 is 0 Å². The Balaban J connectivity index is 1.80. The monoisotopic (exact) mass is 242 g/mol. The molecule has 1 aromatic carbocycles. The minimum absolute atomic E-state index is 0.670. The first-order valence-electron chi connectivity index (χ1n) is 6.05. The molecular weight excluding hydrogens is 224 g/mol. The fourth-order valence-electron chi connectivity index (χ4n) is 1.77. The smallest absolute Gasteiger partial charge is 0.0713 e. The summed E-state index contributed by atoms with van der Waals surface area (Å²) < 4.78 is 5.08. The standard InChI is InChI=1S/C15H18N2O/c1-18-12-14-6-4-13(5-7-14)9-17-11-15-3-2-8-16-10-15/h2-8,10,17H,9,11-12H2,1H3. The number of aromatic nitrogens is 1. The van der Waals surface area contributed by atoms with Gasteiger partial charge in [-0.1, -0.05) is 30.3 Å². The van der Waals surface area contributed by atoms with Crippen molar-refractivity contribution in [2.24, 2.45) is 0 Å². The van der Waals surface area contributed by atoms with Crippen LogP contribution in [0.4, 0.5) is 0 Å². The van der Waals surface area contributed by atoms with Gasteiger partial charge < -0.3 is 10.1 Å². The lowest BCUT2D eigenvalue weighted by Crippen LogP contribution is -2.12. The number of hydrogen-bond acceptors (Lipinski definition) is 3. The molecule has 0 unspecified atom stereocenters. The maximum Gasteiger partial charge on any atom is 0.0713 e. The van der Waals surface area contributed by atoms with Gasteiger partial charge in [0, 0.05) is 32.6 Å². The van der Waals surface area contributed by atoms with Crippen molar-refractivity contribution in [3.05, 3.63) is 65.5 Å². The second-order valence-electron chi connectivity index (χ2n) is 4.21. The van der Waals surface area contributed by atoms with E-state index in [2.05, 4.69) is 40.6 Å². The molecule has 1 heterocycles. The minimum atomic E-state index is 0.670. The highest BCUT2D eigenvalue weighted by Crippen LogP contribution is 2.05. The Labute approximate surface area is 108 Å². The maximum absolute atomic E-state index is 5.08. The Morgan fingerprint density at radius 1 is 1.00 bits per heavy atom. The zero-order chi connectivity index (χ0) is 12.6. The predicted molar refractivity (Wildman–Crippen MR) is 71.9 cm³/mol. The summed E-state index contributed by atoms with van der Waals surface area (Å²) in [7, 11) is 1.71. The number of nitrogens with zero attached hydrogens (tertiary/aromatic N) is 1. The van der Waals surface area contributed by atoms with E-state index >= 15 is 0 Å². The Morgan fingerprint density at radius 3 is 2.39 bits per heavy atom. The summed E-state index contributed by atoms with van der Waals surface area (Å²) in [5, 5.41) is 3.40. The van der Waals surface area contributed by atoms with Crippen molar-refractivity contribution in [3.63, 3.8) is 0 Å². The molecule has 0 aliphatic heterocycles. The first-order valence-corrected chi connectivity index (χ1v) is 6.05. The fourth-order valence-corrected chi connectivity index (χ4v) is 1.77. The molecule has 94 valence electrons. The van der Waals surface area contributed by atoms with E-state index in [1.807, 2.05) is 12.3 Å². The Hall–Kier alpha value is -1.71. The van der Waals surface area contributed by atoms with Gasteiger partial charge in [-0.15, -0.1) is 0 Å². The molecule has 18 heavy (non-hydrogen) atoms. The lowest BCUT2D eigenvalue weighted by molar-refractivity contribution is 0.185. The van der Waals surface area contributed by atoms with Crippen molar-refractivity contribution >= 4 is 0 Å². The van der Waals surface area contributed by atoms with Gasteiger partial charge in [0.2, 0.25) is 0 Å². The van der Waals surface area contributed by atoms with Gasteiger partial charge in [-0.05, 0) is 22.8 Å². The molecule has 0 radical (unpaired) electrons. The summed E-state index contributed by atoms with van der Waals surface area (Å²) in [6.45, 7) is 2.37. The number of methoxy groups -OCH3 is 1. The second kappa shape index (κ2) is 6.89. The molecule has 0 saturated carbocycles. The van der Waals surface area contributed by atoms with Crippen LogP contribution in [0.1, 0.15) is 16.7 Å². The Morgan fingerprint density at radius 2 is 1.72 bits per heavy atom. The molecule has 0 spiro atoms. The van der Waals surface area contributed by atoms with E-state index in [0.717, 1.165) is 13.1 Å². The molecule has 1 N–H and O–H groups in total. The van der Waals surface area contributed by atoms with E-state index in [1.54, 1.807) is 13.3 Å². The van der Waals surface area contributed by atoms with Gasteiger partial charge in [-0.25, -0.2) is 0 Å². The van der Waals surface area contributed by atoms with Crippen molar-refractivity contribution in [2.45, 2.75) is 19.7 Å². The lowest BCUT2D eigenvalue weighted by Gasteiger charge is -2.06. The first kappa shape index (κ1) is 12.7. The van der Waals surface area contributed by atoms with Crippen LogP contribution in [0.5, 0.6) is 0 Å². The molecular formula is C15H18N2O. The quantitative estimate of drug-likeness (QED) is 0.845. The van der Waals surface area contributed by atoms with Crippen molar-refractivity contribution in [2.75, 3.05) is 7.11 Å². The van der Waals surface area contributed by atoms with E-state index in [1.165, 1.54) is 16.7 Å². The highest BCUT2D eigenvalue weighted by molar-refractivity contribution is 5.22. The maximum atomic E-state index is 5.08. The number of benzene rings is 1. The molecule has 0 aliphatic rings. The van der Waals surface area contributed by atoms with Gasteiger partial charge in [-0.2, -0.15) is 0 Å². The normalized spacial score (nSPS) is 10.5. The van der Waals surface area contributed by atoms with Gasteiger partial charge in [0.05, 0.1) is 6.61 Å². The van der Waals surface area contributed by atoms with E-state index in [9.17, 15) is 0 Å². The molecule has 3 heteroatoms. The molecule has 1 aromatic heterocycles. The van der Waals surface area contributed by atoms with Crippen LogP contribution in [0.3, 0.4) is 0 Å². The van der Waals surface area contributed by atoms with Crippen molar-refractivity contribution in [3.8, 4) is 0 Å². The number of ether oxygens (including phenoxy) is 1. The molecule has 0 atom stereocenters. The molecule has 3 nitrogen and oxygen atoms in total. The van der Waals surface area contributed by atoms with E-state index in [-0.39, 0.29) is 0 Å². The van der Waals surface area contributed by atoms with Crippen LogP contribution in [-0.2, 0) is 24.4 Å². The van der Waals surface area contributed by atoms with Crippen LogP contribution in [-0.4, -0.2) is 12.1 Å². The number of rotatable bonds is 6. The predicted octanol–water partition coefficient (Wildman–Crippen LogP) is 2.52. The lowest BCUT2D eigenvalue weighted by atomic mass is 10.1. The zero-order valence-corrected chi connectivity index (χ0v) is 10.6. The third kappa shape index (κ3) is 3.95. The highest BCUT2D eigenvalue weighted by atomic mass is 16.5. The summed E-state index contributed by atoms with van der Waals surface area (Å²) in [4.78, 5) is 4.09. The third-order valence-electron chi connectivity index (χ3n) is 2.72. The SMILES string of the molecule is COCc1ccc(CNCc2cccnc2)cc1. The first-order chi connectivity index (χ1) is 8.88. The Bertz CT molecular complexity index is 454. The van der Waals surface area contributed by atoms with Crippen LogP contribution in [0.25, 0.3) is 0 Å². The molecule has 2 rings (SSSR count). The van der Waals surface area contributed by atoms with Gasteiger partial charge in [0.25, 0.3) is 0 Å². The van der Waals surface area contributed by atoms with Crippen LogP contribution in [0.15, 0.2) is 48.8 Å². The number of hydrogen-bond donors (Lipinski definition) is 1. The van der Waals surface area contributed by atoms with Crippen LogP contribution >= 0.6 is 0 Å². The average Bonchev–Trinajstić information content (AvgIpc) is 2.42. The van der Waals surface area contributed by atoms with Crippen molar-refractivity contribution < 1.29 is 4.74 Å². The molecule has 0 bridgehead atoms. The average molecular weight is 242 g/mol. The van der Waals surface area contributed by atoms with Gasteiger partial charge in [-0.3, -0.25) is 4.98 Å². The van der Waals surface area contributed by atoms with Crippen LogP contribution in [0.2, 0.25) is 0 Å². The summed E-state index contributed by atoms with van der Waals surface area (Å²) >= 11 is 0. The largest absolute Gasteiger partial charge is 0.380 e. The highest BCUT2D eigenvalue weighted by Gasteiger charge is 1.95. The summed E-state index contributed by atoms with van der Waals surface area (Å²) in [5.41, 5.74) is 3.68. The third-order valence-corrected chi connectivity index (χ3v) is 2.72. The van der Waals surface area contributed by atoms with Crippen molar-refractivity contribution in [1.29, 1.82) is 0 Å². The van der Waals surface area contributed by atoms with Gasteiger partial charge in [0.1, 0.15) is 0 Å². The second-order valence-corrected chi connectivity index (χ2v) is 4.21. The molecule has 2 aromatic rings. The van der Waals surface area contributed by atoms with E-state index in [0.29, 0.717) is 6.61 Å². The summed E-state index contributed by atoms with van der Waals surface area (Å²) in [5.74, 6) is 0. The van der Waals surface area contributed by atoms with E-state index in [4.69, 9.17) is 4.74 Å². The topological polar surface area (TPSA) is 34.1 Å². The number of nitrogens with one attached hydrogen (secondary N) is 1. The van der Waals surface area contributed by atoms with E-state index < -0.39 is 0 Å². The van der Waals surface area contributed by atoms with Crippen LogP contribution in [0, 0.1) is 0 Å². The molecule has 0 amide bonds. The zero-order valence-electron chi connectivity index (χ0n) is 10.6. The summed E-state index contributed by atoms with van der Waals surface area (Å²) in [6.07, 6.45) is 3.67. The van der Waals surface area contributed by atoms with Crippen molar-refractivity contribution in [1.82, 2.24) is 10.3 Å². The van der Waals surface area contributed by atoms with Crippen LogP contribution < -0.4 is 5.32 Å². The molecule has 0 saturated heterocycles. The Kier molecular flexibility index (Phi) is 4.88. The van der Waals surface area contributed by atoms with Gasteiger partial charge in [0.15, 0.2) is 0 Å². The molecule has 0 fully saturated rings. The summed E-state index contributed by atoms with van der Waals surface area (Å²) in [6, 6.07) is 12.5. The number of pyridine rings is 1. The fraction of sp³-hybridized carbons (Fsp3) is 0.267.